The van der Waals surface area contributed by atoms with Gasteiger partial charge in [-0.1, -0.05) is 12.1 Å². The van der Waals surface area contributed by atoms with Crippen LogP contribution in [0.25, 0.3) is 11.0 Å². The predicted molar refractivity (Wildman–Crippen MR) is 146 cm³/mol. The first-order valence-corrected chi connectivity index (χ1v) is 12.8. The molecule has 1 aliphatic heterocycles. The van der Waals surface area contributed by atoms with Crippen molar-refractivity contribution in [1.29, 1.82) is 5.26 Å². The van der Waals surface area contributed by atoms with Crippen LogP contribution in [-0.2, 0) is 16.1 Å². The lowest BCUT2D eigenvalue weighted by Crippen LogP contribution is -2.44. The molecule has 1 fully saturated rings. The quantitative estimate of drug-likeness (QED) is 0.130. The van der Waals surface area contributed by atoms with Gasteiger partial charge in [-0.25, -0.2) is 4.99 Å². The van der Waals surface area contributed by atoms with Gasteiger partial charge in [0.05, 0.1) is 6.54 Å². The number of carbonyl (C=O) groups is 2. The fraction of sp³-hybridized carbons (Fsp3) is 0.308. The number of nitrogens with one attached hydrogen (secondary N) is 3. The van der Waals surface area contributed by atoms with E-state index < -0.39 is 6.04 Å². The zero-order valence-corrected chi connectivity index (χ0v) is 22.0. The molecular weight excluding hydrogens is 571 g/mol. The molecule has 9 nitrogen and oxygen atoms in total. The number of aliphatic imine (C=N–C) groups is 1. The van der Waals surface area contributed by atoms with E-state index in [9.17, 15) is 14.9 Å². The third-order valence-electron chi connectivity index (χ3n) is 5.83. The summed E-state index contributed by atoms with van der Waals surface area (Å²) in [7, 11) is 0. The van der Waals surface area contributed by atoms with Crippen LogP contribution in [0.1, 0.15) is 30.6 Å². The maximum Gasteiger partial charge on any atom is 0.247 e. The Balaban J connectivity index is 1.43. The number of guanidine groups is 1. The van der Waals surface area contributed by atoms with E-state index in [4.69, 9.17) is 4.42 Å². The third-order valence-corrected chi connectivity index (χ3v) is 6.50. The molecular formula is C26H27IN6O3. The number of hydrogen-bond acceptors (Lipinski definition) is 5. The monoisotopic (exact) mass is 598 g/mol. The summed E-state index contributed by atoms with van der Waals surface area (Å²) < 4.78 is 6.70. The average molecular weight is 598 g/mol. The largest absolute Gasteiger partial charge is 0.461 e. The van der Waals surface area contributed by atoms with Crippen molar-refractivity contribution < 1.29 is 14.0 Å². The summed E-state index contributed by atoms with van der Waals surface area (Å²) >= 11 is 2.23. The van der Waals surface area contributed by atoms with Crippen molar-refractivity contribution in [2.75, 3.05) is 18.4 Å². The highest BCUT2D eigenvalue weighted by Gasteiger charge is 2.28. The van der Waals surface area contributed by atoms with Crippen molar-refractivity contribution in [1.82, 2.24) is 15.5 Å². The predicted octanol–water partition coefficient (Wildman–Crippen LogP) is 3.88. The topological polar surface area (TPSA) is 123 Å². The maximum atomic E-state index is 13.3. The Labute approximate surface area is 223 Å². The molecule has 0 aliphatic carbocycles. The molecule has 3 N–H and O–H groups in total. The van der Waals surface area contributed by atoms with Crippen molar-refractivity contribution in [3.05, 3.63) is 63.4 Å². The van der Waals surface area contributed by atoms with Crippen LogP contribution in [0.3, 0.4) is 0 Å². The smallest absolute Gasteiger partial charge is 0.247 e. The Hall–Kier alpha value is -3.59. The lowest BCUT2D eigenvalue weighted by atomic mass is 10.1. The van der Waals surface area contributed by atoms with E-state index in [1.807, 2.05) is 61.6 Å². The second-order valence-corrected chi connectivity index (χ2v) is 9.87. The van der Waals surface area contributed by atoms with Gasteiger partial charge < -0.3 is 20.0 Å². The number of anilines is 1. The summed E-state index contributed by atoms with van der Waals surface area (Å²) in [6.07, 6.45) is 3.99. The number of nitrogens with zero attached hydrogens (tertiary/aromatic N) is 3. The molecule has 0 saturated carbocycles. The summed E-state index contributed by atoms with van der Waals surface area (Å²) in [5, 5.41) is 18.7. The highest BCUT2D eigenvalue weighted by atomic mass is 127. The minimum atomic E-state index is -0.695. The van der Waals surface area contributed by atoms with E-state index in [2.05, 4.69) is 43.5 Å². The molecule has 2 heterocycles. The lowest BCUT2D eigenvalue weighted by molar-refractivity contribution is -0.136. The van der Waals surface area contributed by atoms with Crippen molar-refractivity contribution in [2.45, 2.75) is 38.8 Å². The molecule has 2 aromatic carbocycles. The first kappa shape index (κ1) is 25.5. The number of rotatable bonds is 6. The van der Waals surface area contributed by atoms with Gasteiger partial charge in [0.2, 0.25) is 17.8 Å². The van der Waals surface area contributed by atoms with Crippen LogP contribution in [0.2, 0.25) is 0 Å². The molecule has 1 aromatic heterocycles. The van der Waals surface area contributed by atoms with E-state index >= 15 is 0 Å². The third kappa shape index (κ3) is 6.75. The van der Waals surface area contributed by atoms with Crippen LogP contribution < -0.4 is 16.0 Å². The number of halogens is 1. The van der Waals surface area contributed by atoms with E-state index in [0.717, 1.165) is 38.7 Å². The first-order valence-electron chi connectivity index (χ1n) is 11.7. The zero-order valence-electron chi connectivity index (χ0n) is 19.9. The normalized spacial score (nSPS) is 16.4. The fourth-order valence-electron chi connectivity index (χ4n) is 4.13. The lowest BCUT2D eigenvalue weighted by Gasteiger charge is -2.22. The minimum Gasteiger partial charge on any atom is -0.461 e. The second kappa shape index (κ2) is 11.9. The number of benzene rings is 2. The standard InChI is InChI=1S/C26H27IN6O3/c1-17-11-19-13-21(8-9-23(19)36-17)31-26(30-16-28)32-22-7-2-3-10-33(25(22)35)15-24(34)29-14-18-5-4-6-20(27)12-18/h4-6,8-9,11-13,22H,2-3,7,10,14-15H2,1H3,(H,29,34)(H2,30,31,32). The molecule has 0 spiro atoms. The van der Waals surface area contributed by atoms with E-state index in [-0.39, 0.29) is 24.3 Å². The molecule has 10 heteroatoms. The highest BCUT2D eigenvalue weighted by molar-refractivity contribution is 14.1. The van der Waals surface area contributed by atoms with Gasteiger partial charge in [-0.15, -0.1) is 0 Å². The van der Waals surface area contributed by atoms with Crippen LogP contribution >= 0.6 is 22.6 Å². The molecule has 2 amide bonds. The van der Waals surface area contributed by atoms with Gasteiger partial charge in [0.15, 0.2) is 6.19 Å². The van der Waals surface area contributed by atoms with Crippen LogP contribution in [0, 0.1) is 21.9 Å². The number of fused-ring (bicyclic) bond motifs is 1. The van der Waals surface area contributed by atoms with Crippen molar-refractivity contribution in [2.24, 2.45) is 4.99 Å². The number of aryl methyl sites for hydroxylation is 1. The number of carbonyl (C=O) groups excluding carboxylic acids is 2. The molecule has 4 rings (SSSR count). The van der Waals surface area contributed by atoms with Crippen LogP contribution in [0.15, 0.2) is 57.9 Å². The molecule has 1 saturated heterocycles. The Morgan fingerprint density at radius 2 is 2.11 bits per heavy atom. The zero-order chi connectivity index (χ0) is 25.5. The molecule has 1 aliphatic rings. The first-order chi connectivity index (χ1) is 17.4. The molecule has 0 radical (unpaired) electrons. The van der Waals surface area contributed by atoms with Gasteiger partial charge in [0.1, 0.15) is 17.4 Å². The number of furan rings is 1. The van der Waals surface area contributed by atoms with Crippen molar-refractivity contribution in [3.8, 4) is 6.19 Å². The Kier molecular flexibility index (Phi) is 8.43. The SMILES string of the molecule is Cc1cc2cc(NC(=NC3CCCCN(CC(=O)NCc4cccc(I)c4)C3=O)NC#N)ccc2o1. The number of hydrogen-bond donors (Lipinski definition) is 3. The van der Waals surface area contributed by atoms with Crippen LogP contribution in [0.4, 0.5) is 5.69 Å². The van der Waals surface area contributed by atoms with Gasteiger partial charge in [0, 0.05) is 27.7 Å². The maximum absolute atomic E-state index is 13.3. The summed E-state index contributed by atoms with van der Waals surface area (Å²) in [6.45, 7) is 2.75. The fourth-order valence-corrected chi connectivity index (χ4v) is 4.74. The van der Waals surface area contributed by atoms with E-state index in [0.29, 0.717) is 25.2 Å². The molecule has 0 bridgehead atoms. The van der Waals surface area contributed by atoms with Crippen molar-refractivity contribution in [3.63, 3.8) is 0 Å². The summed E-state index contributed by atoms with van der Waals surface area (Å²) in [5.41, 5.74) is 2.47. The number of amides is 2. The van der Waals surface area contributed by atoms with Gasteiger partial charge in [-0.3, -0.25) is 14.9 Å². The molecule has 1 atom stereocenters. The highest BCUT2D eigenvalue weighted by Crippen LogP contribution is 2.23. The Morgan fingerprint density at radius 3 is 2.92 bits per heavy atom. The molecule has 1 unspecified atom stereocenters. The number of likely N-dealkylation sites (tertiary alicyclic amines) is 1. The van der Waals surface area contributed by atoms with Crippen LogP contribution in [0.5, 0.6) is 0 Å². The number of nitriles is 1. The van der Waals surface area contributed by atoms with E-state index in [1.54, 1.807) is 4.90 Å². The van der Waals surface area contributed by atoms with Crippen LogP contribution in [-0.4, -0.2) is 41.8 Å². The average Bonchev–Trinajstić information content (AvgIpc) is 3.14. The molecule has 3 aromatic rings. The van der Waals surface area contributed by atoms with E-state index in [1.165, 1.54) is 0 Å². The van der Waals surface area contributed by atoms with Gasteiger partial charge >= 0.3 is 0 Å². The minimum absolute atomic E-state index is 0.0280. The summed E-state index contributed by atoms with van der Waals surface area (Å²) in [5.74, 6) is 0.541. The molecule has 186 valence electrons. The summed E-state index contributed by atoms with van der Waals surface area (Å²) in [4.78, 5) is 31.9. The second-order valence-electron chi connectivity index (χ2n) is 8.63. The van der Waals surface area contributed by atoms with Gasteiger partial charge in [-0.2, -0.15) is 5.26 Å². The summed E-state index contributed by atoms with van der Waals surface area (Å²) in [6, 6.07) is 14.7. The Bertz CT molecular complexity index is 1330. The Morgan fingerprint density at radius 1 is 1.25 bits per heavy atom. The van der Waals surface area contributed by atoms with Gasteiger partial charge in [-0.05, 0) is 90.7 Å². The van der Waals surface area contributed by atoms with Crippen molar-refractivity contribution >= 4 is 57.0 Å². The molecule has 36 heavy (non-hydrogen) atoms. The van der Waals surface area contributed by atoms with Gasteiger partial charge in [0.25, 0.3) is 0 Å².